The zero-order valence-electron chi connectivity index (χ0n) is 11.9. The van der Waals surface area contributed by atoms with E-state index < -0.39 is 0 Å². The van der Waals surface area contributed by atoms with E-state index in [1.165, 1.54) is 0 Å². The Kier molecular flexibility index (Phi) is 5.38. The fourth-order valence-electron chi connectivity index (χ4n) is 1.76. The second-order valence-corrected chi connectivity index (χ2v) is 4.45. The van der Waals surface area contributed by atoms with Crippen LogP contribution in [0.25, 0.3) is 0 Å². The summed E-state index contributed by atoms with van der Waals surface area (Å²) >= 11 is 0. The Balaban J connectivity index is 1.79. The molecule has 4 nitrogen and oxygen atoms in total. The van der Waals surface area contributed by atoms with Crippen LogP contribution in [0.1, 0.15) is 18.5 Å². The van der Waals surface area contributed by atoms with Crippen molar-refractivity contribution in [2.24, 2.45) is 0 Å². The molecule has 0 amide bonds. The number of nitrogens with zero attached hydrogens (tertiary/aromatic N) is 1. The molecule has 0 bridgehead atoms. The minimum Gasteiger partial charge on any atom is -0.490 e. The van der Waals surface area contributed by atoms with Crippen LogP contribution in [0.15, 0.2) is 48.7 Å². The highest BCUT2D eigenvalue weighted by Crippen LogP contribution is 2.16. The molecule has 0 aliphatic heterocycles. The van der Waals surface area contributed by atoms with E-state index in [0.29, 0.717) is 19.1 Å². The number of rotatable bonds is 7. The molecule has 1 aromatic heterocycles. The normalized spacial score (nSPS) is 11.9. The van der Waals surface area contributed by atoms with Gasteiger partial charge in [0.1, 0.15) is 19.0 Å². The molecule has 0 aliphatic rings. The molecule has 0 fully saturated rings. The predicted octanol–water partition coefficient (Wildman–Crippen LogP) is 2.82. The van der Waals surface area contributed by atoms with Crippen LogP contribution < -0.4 is 14.8 Å². The van der Waals surface area contributed by atoms with Crippen LogP contribution in [0.2, 0.25) is 0 Å². The highest BCUT2D eigenvalue weighted by molar-refractivity contribution is 5.23. The van der Waals surface area contributed by atoms with Crippen LogP contribution in [-0.4, -0.2) is 25.2 Å². The lowest BCUT2D eigenvalue weighted by molar-refractivity contribution is 0.211. The highest BCUT2D eigenvalue weighted by Gasteiger charge is 2.04. The molecule has 4 heteroatoms. The van der Waals surface area contributed by atoms with E-state index in [1.807, 2.05) is 49.5 Å². The minimum atomic E-state index is 0.279. The van der Waals surface area contributed by atoms with Crippen molar-refractivity contribution in [3.8, 4) is 11.6 Å². The average molecular weight is 272 g/mol. The van der Waals surface area contributed by atoms with Crippen LogP contribution in [-0.2, 0) is 0 Å². The lowest BCUT2D eigenvalue weighted by atomic mass is 10.1. The molecule has 1 unspecified atom stereocenters. The SMILES string of the molecule is CNC(C)c1ccnc(OCCOc2ccccc2)c1. The number of benzene rings is 1. The molecule has 0 aliphatic carbocycles. The summed E-state index contributed by atoms with van der Waals surface area (Å²) in [7, 11) is 1.93. The molecule has 20 heavy (non-hydrogen) atoms. The molecule has 1 heterocycles. The Labute approximate surface area is 119 Å². The number of para-hydroxylation sites is 1. The Hall–Kier alpha value is -2.07. The second-order valence-electron chi connectivity index (χ2n) is 4.45. The summed E-state index contributed by atoms with van der Waals surface area (Å²) < 4.78 is 11.2. The first-order valence-corrected chi connectivity index (χ1v) is 6.73. The van der Waals surface area contributed by atoms with Gasteiger partial charge in [-0.25, -0.2) is 4.98 Å². The van der Waals surface area contributed by atoms with Crippen LogP contribution in [0.3, 0.4) is 0 Å². The number of hydrogen-bond acceptors (Lipinski definition) is 4. The average Bonchev–Trinajstić information content (AvgIpc) is 2.52. The summed E-state index contributed by atoms with van der Waals surface area (Å²) in [6, 6.07) is 13.9. The van der Waals surface area contributed by atoms with Crippen molar-refractivity contribution >= 4 is 0 Å². The molecular formula is C16H20N2O2. The number of nitrogens with one attached hydrogen (secondary N) is 1. The van der Waals surface area contributed by atoms with Crippen LogP contribution in [0, 0.1) is 0 Å². The first-order valence-electron chi connectivity index (χ1n) is 6.73. The molecule has 0 spiro atoms. The molecule has 0 saturated carbocycles. The van der Waals surface area contributed by atoms with Gasteiger partial charge in [-0.1, -0.05) is 18.2 Å². The topological polar surface area (TPSA) is 43.4 Å². The summed E-state index contributed by atoms with van der Waals surface area (Å²) in [4.78, 5) is 4.20. The van der Waals surface area contributed by atoms with Gasteiger partial charge in [-0.3, -0.25) is 0 Å². The molecule has 1 atom stereocenters. The number of ether oxygens (including phenoxy) is 2. The van der Waals surface area contributed by atoms with Crippen molar-refractivity contribution in [3.05, 3.63) is 54.2 Å². The summed E-state index contributed by atoms with van der Waals surface area (Å²) in [5.74, 6) is 1.47. The summed E-state index contributed by atoms with van der Waals surface area (Å²) in [6.07, 6.45) is 1.76. The van der Waals surface area contributed by atoms with Crippen molar-refractivity contribution in [1.29, 1.82) is 0 Å². The molecule has 106 valence electrons. The van der Waals surface area contributed by atoms with Gasteiger partial charge in [0.25, 0.3) is 0 Å². The third-order valence-electron chi connectivity index (χ3n) is 3.04. The third-order valence-corrected chi connectivity index (χ3v) is 3.04. The highest BCUT2D eigenvalue weighted by atomic mass is 16.5. The van der Waals surface area contributed by atoms with E-state index in [0.717, 1.165) is 11.3 Å². The van der Waals surface area contributed by atoms with Gasteiger partial charge in [0.05, 0.1) is 0 Å². The smallest absolute Gasteiger partial charge is 0.213 e. The van der Waals surface area contributed by atoms with Gasteiger partial charge in [-0.05, 0) is 37.7 Å². The monoisotopic (exact) mass is 272 g/mol. The van der Waals surface area contributed by atoms with E-state index in [4.69, 9.17) is 9.47 Å². The first-order chi connectivity index (χ1) is 9.79. The van der Waals surface area contributed by atoms with E-state index in [9.17, 15) is 0 Å². The zero-order chi connectivity index (χ0) is 14.2. The van der Waals surface area contributed by atoms with Crippen molar-refractivity contribution in [2.75, 3.05) is 20.3 Å². The van der Waals surface area contributed by atoms with E-state index in [-0.39, 0.29) is 6.04 Å². The van der Waals surface area contributed by atoms with Gasteiger partial charge in [0, 0.05) is 18.3 Å². The summed E-state index contributed by atoms with van der Waals surface area (Å²) in [6.45, 7) is 3.06. The van der Waals surface area contributed by atoms with E-state index >= 15 is 0 Å². The fraction of sp³-hybridized carbons (Fsp3) is 0.312. The Bertz CT molecular complexity index is 517. The lowest BCUT2D eigenvalue weighted by Gasteiger charge is -2.12. The second kappa shape index (κ2) is 7.50. The van der Waals surface area contributed by atoms with E-state index in [1.54, 1.807) is 6.20 Å². The lowest BCUT2D eigenvalue weighted by Crippen LogP contribution is -2.13. The largest absolute Gasteiger partial charge is 0.490 e. The zero-order valence-corrected chi connectivity index (χ0v) is 11.9. The van der Waals surface area contributed by atoms with Crippen molar-refractivity contribution < 1.29 is 9.47 Å². The molecule has 0 saturated heterocycles. The van der Waals surface area contributed by atoms with Crippen molar-refractivity contribution in [1.82, 2.24) is 10.3 Å². The number of aromatic nitrogens is 1. The number of hydrogen-bond donors (Lipinski definition) is 1. The summed E-state index contributed by atoms with van der Waals surface area (Å²) in [5.41, 5.74) is 1.15. The van der Waals surface area contributed by atoms with Crippen molar-refractivity contribution in [2.45, 2.75) is 13.0 Å². The molecule has 1 N–H and O–H groups in total. The van der Waals surface area contributed by atoms with Gasteiger partial charge in [0.2, 0.25) is 5.88 Å². The van der Waals surface area contributed by atoms with Gasteiger partial charge in [-0.2, -0.15) is 0 Å². The maximum atomic E-state index is 5.60. The Morgan fingerprint density at radius 2 is 1.85 bits per heavy atom. The Morgan fingerprint density at radius 1 is 1.10 bits per heavy atom. The molecule has 1 aromatic carbocycles. The van der Waals surface area contributed by atoms with Crippen LogP contribution >= 0.6 is 0 Å². The summed E-state index contributed by atoms with van der Waals surface area (Å²) in [5, 5.41) is 3.19. The molecule has 0 radical (unpaired) electrons. The van der Waals surface area contributed by atoms with E-state index in [2.05, 4.69) is 17.2 Å². The minimum absolute atomic E-state index is 0.279. The van der Waals surface area contributed by atoms with Crippen LogP contribution in [0.4, 0.5) is 0 Å². The molecule has 2 aromatic rings. The first kappa shape index (κ1) is 14.3. The molecule has 2 rings (SSSR count). The molecular weight excluding hydrogens is 252 g/mol. The standard InChI is InChI=1S/C16H20N2O2/c1-13(17-2)14-8-9-18-16(12-14)20-11-10-19-15-6-4-3-5-7-15/h3-9,12-13,17H,10-11H2,1-2H3. The van der Waals surface area contributed by atoms with Crippen molar-refractivity contribution in [3.63, 3.8) is 0 Å². The van der Waals surface area contributed by atoms with Crippen LogP contribution in [0.5, 0.6) is 11.6 Å². The van der Waals surface area contributed by atoms with Gasteiger partial charge < -0.3 is 14.8 Å². The maximum absolute atomic E-state index is 5.60. The third kappa shape index (κ3) is 4.24. The van der Waals surface area contributed by atoms with Gasteiger partial charge in [-0.15, -0.1) is 0 Å². The quantitative estimate of drug-likeness (QED) is 0.787. The Morgan fingerprint density at radius 3 is 2.60 bits per heavy atom. The van der Waals surface area contributed by atoms with Gasteiger partial charge in [0.15, 0.2) is 0 Å². The predicted molar refractivity (Wildman–Crippen MR) is 79.1 cm³/mol. The van der Waals surface area contributed by atoms with Gasteiger partial charge >= 0.3 is 0 Å². The maximum Gasteiger partial charge on any atom is 0.213 e. The fourth-order valence-corrected chi connectivity index (χ4v) is 1.76. The number of pyridine rings is 1.